The van der Waals surface area contributed by atoms with E-state index < -0.39 is 81.9 Å². The van der Waals surface area contributed by atoms with Crippen LogP contribution in [0.3, 0.4) is 0 Å². The lowest BCUT2D eigenvalue weighted by molar-refractivity contribution is -0.209. The second-order valence-corrected chi connectivity index (χ2v) is 10.4. The summed E-state index contributed by atoms with van der Waals surface area (Å²) >= 11 is 0. The quantitative estimate of drug-likeness (QED) is 0.124. The highest BCUT2D eigenvalue weighted by atomic mass is 16.5. The first-order chi connectivity index (χ1) is 18.3. The standard InChI is InChI=1S/C27H32N2O10/c1-4-5-6-10-13(31)39-23-15-16(21(33)14-11(20(15)32)8-7-9-12(14)30)24(35)27(38)18(23)19(29(2)3)22(34)17(25(27)36)26(28)37/h7-9,17-19,23-24,30,32-33,35,38H,4-6,10H2,1-3H3,(H2,28,37)/t17?,18-,19+,23+,24?,27+/m1/s1. The lowest BCUT2D eigenvalue weighted by atomic mass is 9.56. The van der Waals surface area contributed by atoms with E-state index in [4.69, 9.17) is 10.5 Å². The molecular weight excluding hydrogens is 512 g/mol. The van der Waals surface area contributed by atoms with Crippen LogP contribution in [0, 0.1) is 11.8 Å². The van der Waals surface area contributed by atoms with Crippen molar-refractivity contribution in [2.75, 3.05) is 14.1 Å². The van der Waals surface area contributed by atoms with Crippen LogP contribution in [0.2, 0.25) is 0 Å². The van der Waals surface area contributed by atoms with E-state index in [1.54, 1.807) is 0 Å². The molecule has 2 aromatic carbocycles. The second-order valence-electron chi connectivity index (χ2n) is 10.4. The van der Waals surface area contributed by atoms with Crippen LogP contribution in [0.5, 0.6) is 17.2 Å². The normalized spacial score (nSPS) is 28.3. The third-order valence-corrected chi connectivity index (χ3v) is 7.80. The minimum Gasteiger partial charge on any atom is -0.507 e. The van der Waals surface area contributed by atoms with Crippen molar-refractivity contribution in [3.8, 4) is 17.2 Å². The Morgan fingerprint density at radius 1 is 1.08 bits per heavy atom. The molecule has 0 aromatic heterocycles. The van der Waals surface area contributed by atoms with Crippen LogP contribution in [-0.4, -0.2) is 79.6 Å². The monoisotopic (exact) mass is 544 g/mol. The Morgan fingerprint density at radius 3 is 2.33 bits per heavy atom. The number of hydrogen-bond donors (Lipinski definition) is 6. The number of hydrogen-bond acceptors (Lipinski definition) is 11. The molecule has 2 unspecified atom stereocenters. The summed E-state index contributed by atoms with van der Waals surface area (Å²) in [5.41, 5.74) is 1.48. The minimum atomic E-state index is -2.97. The summed E-state index contributed by atoms with van der Waals surface area (Å²) < 4.78 is 5.74. The van der Waals surface area contributed by atoms with Gasteiger partial charge in [-0.3, -0.25) is 24.1 Å². The zero-order valence-electron chi connectivity index (χ0n) is 21.7. The minimum absolute atomic E-state index is 0.0626. The van der Waals surface area contributed by atoms with Crippen molar-refractivity contribution in [1.29, 1.82) is 0 Å². The van der Waals surface area contributed by atoms with Crippen molar-refractivity contribution in [2.45, 2.75) is 56.5 Å². The first-order valence-electron chi connectivity index (χ1n) is 12.6. The zero-order valence-corrected chi connectivity index (χ0v) is 21.7. The number of benzene rings is 2. The molecule has 2 aliphatic rings. The maximum absolute atomic E-state index is 13.6. The SMILES string of the molecule is CCCCCC(=O)O[C@H]1c2c(c(O)c3c(O)cccc3c2O)C(O)[C@]2(O)C(=O)C(C(N)=O)C(=O)[C@@H](N(C)C)[C@H]12. The summed E-state index contributed by atoms with van der Waals surface area (Å²) in [6.45, 7) is 1.93. The molecule has 1 fully saturated rings. The zero-order chi connectivity index (χ0) is 29.0. The highest BCUT2D eigenvalue weighted by molar-refractivity contribution is 6.24. The Hall–Kier alpha value is -3.74. The van der Waals surface area contributed by atoms with Crippen molar-refractivity contribution >= 4 is 34.2 Å². The summed E-state index contributed by atoms with van der Waals surface area (Å²) in [4.78, 5) is 53.5. The summed E-state index contributed by atoms with van der Waals surface area (Å²) in [6.07, 6.45) is -2.14. The predicted octanol–water partition coefficient (Wildman–Crippen LogP) is 0.699. The number of aliphatic hydroxyl groups excluding tert-OH is 1. The average molecular weight is 545 g/mol. The number of likely N-dealkylation sites (N-methyl/N-ethyl adjacent to an activating group) is 1. The molecule has 0 saturated heterocycles. The van der Waals surface area contributed by atoms with Crippen molar-refractivity contribution in [1.82, 2.24) is 4.90 Å². The van der Waals surface area contributed by atoms with Crippen LogP contribution in [-0.2, 0) is 23.9 Å². The van der Waals surface area contributed by atoms with Crippen LogP contribution in [0.25, 0.3) is 10.8 Å². The highest BCUT2D eigenvalue weighted by Gasteiger charge is 2.70. The summed E-state index contributed by atoms with van der Waals surface area (Å²) in [5.74, 6) is -10.2. The summed E-state index contributed by atoms with van der Waals surface area (Å²) in [6, 6.07) is 2.48. The fourth-order valence-corrected chi connectivity index (χ4v) is 6.01. The molecule has 210 valence electrons. The topological polar surface area (TPSA) is 208 Å². The van der Waals surface area contributed by atoms with E-state index in [2.05, 4.69) is 0 Å². The molecule has 4 rings (SSSR count). The highest BCUT2D eigenvalue weighted by Crippen LogP contribution is 2.60. The maximum atomic E-state index is 13.6. The average Bonchev–Trinajstić information content (AvgIpc) is 2.85. The number of ketones is 2. The summed E-state index contributed by atoms with van der Waals surface area (Å²) in [5, 5.41) is 56.1. The van der Waals surface area contributed by atoms with E-state index in [0.29, 0.717) is 12.8 Å². The number of fused-ring (bicyclic) bond motifs is 3. The first kappa shape index (κ1) is 28.3. The number of nitrogens with zero attached hydrogens (tertiary/aromatic N) is 1. The molecular formula is C27H32N2O10. The van der Waals surface area contributed by atoms with Gasteiger partial charge in [0.15, 0.2) is 23.1 Å². The Kier molecular flexibility index (Phi) is 7.32. The van der Waals surface area contributed by atoms with Gasteiger partial charge in [-0.25, -0.2) is 0 Å². The molecule has 0 bridgehead atoms. The van der Waals surface area contributed by atoms with Crippen LogP contribution >= 0.6 is 0 Å². The molecule has 39 heavy (non-hydrogen) atoms. The Balaban J connectivity index is 2.07. The lowest BCUT2D eigenvalue weighted by Gasteiger charge is -2.54. The molecule has 1 amide bonds. The summed E-state index contributed by atoms with van der Waals surface area (Å²) in [7, 11) is 2.85. The number of rotatable bonds is 7. The van der Waals surface area contributed by atoms with Crippen molar-refractivity contribution in [3.05, 3.63) is 29.3 Å². The number of carbonyl (C=O) groups is 4. The number of unbranched alkanes of at least 4 members (excludes halogenated alkanes) is 2. The molecule has 12 heteroatoms. The molecule has 7 N–H and O–H groups in total. The molecule has 12 nitrogen and oxygen atoms in total. The van der Waals surface area contributed by atoms with Gasteiger partial charge in [0.05, 0.1) is 17.3 Å². The Morgan fingerprint density at radius 2 is 1.74 bits per heavy atom. The van der Waals surface area contributed by atoms with Gasteiger partial charge in [0.2, 0.25) is 5.91 Å². The third kappa shape index (κ3) is 4.10. The maximum Gasteiger partial charge on any atom is 0.306 e. The van der Waals surface area contributed by atoms with Gasteiger partial charge in [-0.05, 0) is 26.6 Å². The van der Waals surface area contributed by atoms with E-state index in [0.717, 1.165) is 6.42 Å². The van der Waals surface area contributed by atoms with E-state index >= 15 is 0 Å². The Labute approximate surface area is 223 Å². The second kappa shape index (κ2) is 10.1. The van der Waals surface area contributed by atoms with Crippen LogP contribution in [0.4, 0.5) is 0 Å². The fourth-order valence-electron chi connectivity index (χ4n) is 6.01. The van der Waals surface area contributed by atoms with Crippen molar-refractivity contribution in [2.24, 2.45) is 17.6 Å². The van der Waals surface area contributed by atoms with Crippen molar-refractivity contribution < 1.29 is 49.4 Å². The van der Waals surface area contributed by atoms with Gasteiger partial charge < -0.3 is 36.0 Å². The Bertz CT molecular complexity index is 1370. The van der Waals surface area contributed by atoms with Crippen LogP contribution in [0.15, 0.2) is 18.2 Å². The number of nitrogens with two attached hydrogens (primary N) is 1. The van der Waals surface area contributed by atoms with Gasteiger partial charge in [0.1, 0.15) is 29.5 Å². The molecule has 6 atom stereocenters. The number of primary amides is 1. The van der Waals surface area contributed by atoms with Gasteiger partial charge in [-0.1, -0.05) is 31.9 Å². The molecule has 0 spiro atoms. The van der Waals surface area contributed by atoms with Gasteiger partial charge in [0.25, 0.3) is 0 Å². The van der Waals surface area contributed by atoms with Gasteiger partial charge >= 0.3 is 5.97 Å². The molecule has 1 saturated carbocycles. The van der Waals surface area contributed by atoms with E-state index in [1.165, 1.54) is 37.2 Å². The smallest absolute Gasteiger partial charge is 0.306 e. The predicted molar refractivity (Wildman–Crippen MR) is 135 cm³/mol. The number of aromatic hydroxyl groups is 3. The number of phenolic OH excluding ortho intramolecular Hbond substituents is 3. The molecule has 0 heterocycles. The number of phenols is 3. The fraction of sp³-hybridized carbons (Fsp3) is 0.481. The number of carbonyl (C=O) groups excluding carboxylic acids is 4. The first-order valence-corrected chi connectivity index (χ1v) is 12.6. The number of Topliss-reactive ketones (excluding diaryl/α,β-unsaturated/α-hetero) is 2. The number of amides is 1. The lowest BCUT2D eigenvalue weighted by Crippen LogP contribution is -2.71. The van der Waals surface area contributed by atoms with E-state index in [1.807, 2.05) is 6.92 Å². The number of esters is 1. The third-order valence-electron chi connectivity index (χ3n) is 7.80. The number of aliphatic hydroxyl groups is 2. The molecule has 2 aromatic rings. The van der Waals surface area contributed by atoms with Crippen molar-refractivity contribution in [3.63, 3.8) is 0 Å². The van der Waals surface area contributed by atoms with Gasteiger partial charge in [-0.15, -0.1) is 0 Å². The van der Waals surface area contributed by atoms with E-state index in [-0.39, 0.29) is 22.8 Å². The van der Waals surface area contributed by atoms with Gasteiger partial charge in [0, 0.05) is 22.9 Å². The van der Waals surface area contributed by atoms with Crippen LogP contribution < -0.4 is 5.73 Å². The largest absolute Gasteiger partial charge is 0.507 e. The number of ether oxygens (including phenoxy) is 1. The molecule has 0 aliphatic heterocycles. The molecule has 0 radical (unpaired) electrons. The van der Waals surface area contributed by atoms with Gasteiger partial charge in [-0.2, -0.15) is 0 Å². The molecule has 2 aliphatic carbocycles. The van der Waals surface area contributed by atoms with E-state index in [9.17, 15) is 44.7 Å². The van der Waals surface area contributed by atoms with Crippen LogP contribution in [0.1, 0.15) is 55.9 Å².